The van der Waals surface area contributed by atoms with Gasteiger partial charge in [0.15, 0.2) is 0 Å². The second-order valence-electron chi connectivity index (χ2n) is 8.73. The van der Waals surface area contributed by atoms with Crippen LogP contribution in [0.25, 0.3) is 20.9 Å². The maximum absolute atomic E-state index is 12.9. The lowest BCUT2D eigenvalue weighted by Crippen LogP contribution is -2.37. The molecule has 1 aliphatic rings. The zero-order valence-corrected chi connectivity index (χ0v) is 21.7. The van der Waals surface area contributed by atoms with Crippen LogP contribution in [0.15, 0.2) is 95.1 Å². The number of aryl methyl sites for hydroxylation is 1. The highest BCUT2D eigenvalue weighted by atomic mass is 32.2. The third-order valence-electron chi connectivity index (χ3n) is 6.30. The molecule has 37 heavy (non-hydrogen) atoms. The third kappa shape index (κ3) is 4.63. The SMILES string of the molecule is Cn1ccnc1-c1cc2nccc(Sc3ccc(CC(=O)N4CCN(c5ccccc5)C4=O)cc3)c2s1. The molecule has 0 aliphatic carbocycles. The Bertz CT molecular complexity index is 1590. The van der Waals surface area contributed by atoms with E-state index in [1.54, 1.807) is 34.2 Å². The molecule has 9 heteroatoms. The van der Waals surface area contributed by atoms with Crippen molar-refractivity contribution in [2.75, 3.05) is 18.0 Å². The van der Waals surface area contributed by atoms with E-state index in [1.807, 2.05) is 84.7 Å². The molecule has 0 atom stereocenters. The number of rotatable bonds is 6. The van der Waals surface area contributed by atoms with Gasteiger partial charge in [0.2, 0.25) is 5.91 Å². The minimum Gasteiger partial charge on any atom is -0.333 e. The first-order chi connectivity index (χ1) is 18.1. The zero-order chi connectivity index (χ0) is 25.4. The molecule has 6 rings (SSSR count). The number of imide groups is 1. The number of urea groups is 1. The number of hydrogen-bond acceptors (Lipinski definition) is 6. The van der Waals surface area contributed by atoms with Crippen molar-refractivity contribution in [3.63, 3.8) is 0 Å². The molecule has 0 spiro atoms. The smallest absolute Gasteiger partial charge is 0.331 e. The molecular weight excluding hydrogens is 502 g/mol. The van der Waals surface area contributed by atoms with Gasteiger partial charge >= 0.3 is 6.03 Å². The third-order valence-corrected chi connectivity index (χ3v) is 8.65. The molecule has 7 nitrogen and oxygen atoms in total. The van der Waals surface area contributed by atoms with E-state index in [-0.39, 0.29) is 18.4 Å². The Morgan fingerprint density at radius 2 is 1.81 bits per heavy atom. The number of carbonyl (C=O) groups excluding carboxylic acids is 2. The van der Waals surface area contributed by atoms with Crippen LogP contribution in [0.2, 0.25) is 0 Å². The lowest BCUT2D eigenvalue weighted by atomic mass is 10.1. The number of benzene rings is 2. The molecule has 1 fully saturated rings. The van der Waals surface area contributed by atoms with Crippen LogP contribution in [0.3, 0.4) is 0 Å². The lowest BCUT2D eigenvalue weighted by molar-refractivity contribution is -0.126. The number of thiophene rings is 1. The quantitative estimate of drug-likeness (QED) is 0.278. The molecule has 0 bridgehead atoms. The monoisotopic (exact) mass is 525 g/mol. The second kappa shape index (κ2) is 9.84. The van der Waals surface area contributed by atoms with Crippen LogP contribution in [0.1, 0.15) is 5.56 Å². The molecule has 184 valence electrons. The fraction of sp³-hybridized carbons (Fsp3) is 0.143. The highest BCUT2D eigenvalue weighted by Gasteiger charge is 2.33. The van der Waals surface area contributed by atoms with Gasteiger partial charge in [0, 0.05) is 54.2 Å². The van der Waals surface area contributed by atoms with Gasteiger partial charge in [0.1, 0.15) is 5.82 Å². The Labute approximate surface area is 222 Å². The number of pyridine rings is 1. The number of imidazole rings is 1. The summed E-state index contributed by atoms with van der Waals surface area (Å²) >= 11 is 3.36. The van der Waals surface area contributed by atoms with Crippen molar-refractivity contribution in [3.05, 3.63) is 90.9 Å². The van der Waals surface area contributed by atoms with E-state index in [9.17, 15) is 9.59 Å². The van der Waals surface area contributed by atoms with Crippen LogP contribution in [-0.4, -0.2) is 44.5 Å². The zero-order valence-electron chi connectivity index (χ0n) is 20.1. The van der Waals surface area contributed by atoms with E-state index in [0.717, 1.165) is 42.0 Å². The van der Waals surface area contributed by atoms with Crippen LogP contribution >= 0.6 is 23.1 Å². The van der Waals surface area contributed by atoms with Gasteiger partial charge in [-0.1, -0.05) is 42.1 Å². The number of nitrogens with zero attached hydrogens (tertiary/aromatic N) is 5. The number of carbonyl (C=O) groups is 2. The van der Waals surface area contributed by atoms with Gasteiger partial charge in [-0.25, -0.2) is 9.78 Å². The Kier molecular flexibility index (Phi) is 6.23. The molecular formula is C28H23N5O2S2. The summed E-state index contributed by atoms with van der Waals surface area (Å²) in [5.74, 6) is 0.747. The Morgan fingerprint density at radius 3 is 2.57 bits per heavy atom. The topological polar surface area (TPSA) is 71.3 Å². The standard InChI is InChI=1S/C28H23N5O2S2/c1-31-14-13-30-27(31)24-18-22-26(37-24)23(11-12-29-22)36-21-9-7-19(8-10-21)17-25(34)33-16-15-32(28(33)35)20-5-3-2-4-6-20/h2-14,18H,15-17H2,1H3. The molecule has 0 N–H and O–H groups in total. The van der Waals surface area contributed by atoms with Crippen LogP contribution in [0, 0.1) is 0 Å². The summed E-state index contributed by atoms with van der Waals surface area (Å²) in [4.78, 5) is 41.0. The Balaban J connectivity index is 1.14. The van der Waals surface area contributed by atoms with Crippen molar-refractivity contribution in [3.8, 4) is 10.7 Å². The fourth-order valence-corrected chi connectivity index (χ4v) is 6.56. The first-order valence-electron chi connectivity index (χ1n) is 11.9. The van der Waals surface area contributed by atoms with Gasteiger partial charge in [-0.2, -0.15) is 0 Å². The summed E-state index contributed by atoms with van der Waals surface area (Å²) in [5.41, 5.74) is 2.65. The van der Waals surface area contributed by atoms with Crippen LogP contribution in [0.5, 0.6) is 0 Å². The summed E-state index contributed by atoms with van der Waals surface area (Å²) in [6.07, 6.45) is 5.76. The molecule has 4 heterocycles. The van der Waals surface area contributed by atoms with E-state index in [0.29, 0.717) is 13.1 Å². The molecule has 2 aromatic carbocycles. The first-order valence-corrected chi connectivity index (χ1v) is 13.5. The highest BCUT2D eigenvalue weighted by molar-refractivity contribution is 7.99. The fourth-order valence-electron chi connectivity index (χ4n) is 4.40. The van der Waals surface area contributed by atoms with E-state index >= 15 is 0 Å². The molecule has 0 unspecified atom stereocenters. The summed E-state index contributed by atoms with van der Waals surface area (Å²) in [7, 11) is 1.99. The minimum atomic E-state index is -0.258. The molecule has 3 amide bonds. The predicted octanol–water partition coefficient (Wildman–Crippen LogP) is 5.86. The van der Waals surface area contributed by atoms with Crippen LogP contribution in [-0.2, 0) is 18.3 Å². The summed E-state index contributed by atoms with van der Waals surface area (Å²) in [6, 6.07) is 21.3. The average molecular weight is 526 g/mol. The normalized spacial score (nSPS) is 13.6. The van der Waals surface area contributed by atoms with Gasteiger partial charge in [-0.05, 0) is 42.0 Å². The van der Waals surface area contributed by atoms with E-state index in [2.05, 4.69) is 16.0 Å². The van der Waals surface area contributed by atoms with Gasteiger partial charge < -0.3 is 4.57 Å². The van der Waals surface area contributed by atoms with E-state index in [1.165, 1.54) is 4.90 Å². The van der Waals surface area contributed by atoms with Crippen LogP contribution in [0.4, 0.5) is 10.5 Å². The molecule has 0 saturated carbocycles. The summed E-state index contributed by atoms with van der Waals surface area (Å²) in [5, 5.41) is 0. The van der Waals surface area contributed by atoms with Crippen molar-refractivity contribution < 1.29 is 9.59 Å². The number of fused-ring (bicyclic) bond motifs is 1. The first kappa shape index (κ1) is 23.4. The van der Waals surface area contributed by atoms with Crippen molar-refractivity contribution in [2.24, 2.45) is 7.05 Å². The van der Waals surface area contributed by atoms with Gasteiger partial charge in [0.05, 0.1) is 21.5 Å². The van der Waals surface area contributed by atoms with Crippen molar-refractivity contribution >= 4 is 50.9 Å². The largest absolute Gasteiger partial charge is 0.333 e. The number of aromatic nitrogens is 3. The van der Waals surface area contributed by atoms with Gasteiger partial charge in [-0.15, -0.1) is 11.3 Å². The Morgan fingerprint density at radius 1 is 1.00 bits per heavy atom. The molecule has 3 aromatic heterocycles. The summed E-state index contributed by atoms with van der Waals surface area (Å²) < 4.78 is 3.13. The maximum atomic E-state index is 12.9. The number of hydrogen-bond donors (Lipinski definition) is 0. The van der Waals surface area contributed by atoms with Crippen LogP contribution < -0.4 is 4.90 Å². The van der Waals surface area contributed by atoms with E-state index < -0.39 is 0 Å². The predicted molar refractivity (Wildman–Crippen MR) is 147 cm³/mol. The van der Waals surface area contributed by atoms with Crippen molar-refractivity contribution in [1.82, 2.24) is 19.4 Å². The van der Waals surface area contributed by atoms with Gasteiger partial charge in [-0.3, -0.25) is 19.6 Å². The lowest BCUT2D eigenvalue weighted by Gasteiger charge is -2.17. The average Bonchev–Trinajstić information content (AvgIpc) is 3.64. The number of para-hydroxylation sites is 1. The highest BCUT2D eigenvalue weighted by Crippen LogP contribution is 2.39. The minimum absolute atomic E-state index is 0.180. The van der Waals surface area contributed by atoms with Crippen molar-refractivity contribution in [2.45, 2.75) is 16.2 Å². The molecule has 1 saturated heterocycles. The van der Waals surface area contributed by atoms with Gasteiger partial charge in [0.25, 0.3) is 0 Å². The summed E-state index contributed by atoms with van der Waals surface area (Å²) in [6.45, 7) is 0.911. The maximum Gasteiger partial charge on any atom is 0.331 e. The molecule has 0 radical (unpaired) electrons. The second-order valence-corrected chi connectivity index (χ2v) is 10.9. The van der Waals surface area contributed by atoms with Crippen molar-refractivity contribution in [1.29, 1.82) is 0 Å². The Hall–Kier alpha value is -3.95. The molecule has 5 aromatic rings. The number of anilines is 1. The molecule has 1 aliphatic heterocycles. The number of amides is 3. The van der Waals surface area contributed by atoms with E-state index in [4.69, 9.17) is 0 Å².